The number of aryl methyl sites for hydroxylation is 2. The number of nitrogens with one attached hydrogen (secondary N) is 1. The SMILES string of the molecule is Cc1ccc(-c2ccc(C(=O)NCCCc3cnoc3)cc2)cc1. The molecule has 0 unspecified atom stereocenters. The van der Waals surface area contributed by atoms with Gasteiger partial charge < -0.3 is 9.84 Å². The Labute approximate surface area is 141 Å². The van der Waals surface area contributed by atoms with Crippen LogP contribution in [0.15, 0.2) is 65.5 Å². The first-order valence-corrected chi connectivity index (χ1v) is 8.06. The smallest absolute Gasteiger partial charge is 0.251 e. The Morgan fingerprint density at radius 3 is 2.33 bits per heavy atom. The minimum Gasteiger partial charge on any atom is -0.364 e. The summed E-state index contributed by atoms with van der Waals surface area (Å²) in [5.74, 6) is -0.0456. The van der Waals surface area contributed by atoms with Crippen LogP contribution in [0.3, 0.4) is 0 Å². The van der Waals surface area contributed by atoms with Crippen LogP contribution in [0.5, 0.6) is 0 Å². The Kier molecular flexibility index (Phi) is 5.06. The fourth-order valence-electron chi connectivity index (χ4n) is 2.51. The van der Waals surface area contributed by atoms with Gasteiger partial charge in [0.05, 0.1) is 6.20 Å². The molecule has 3 aromatic rings. The van der Waals surface area contributed by atoms with Gasteiger partial charge in [0.25, 0.3) is 5.91 Å². The molecular weight excluding hydrogens is 300 g/mol. The Bertz CT molecular complexity index is 776. The number of rotatable bonds is 6. The van der Waals surface area contributed by atoms with Crippen molar-refractivity contribution in [3.8, 4) is 11.1 Å². The van der Waals surface area contributed by atoms with Crippen LogP contribution in [-0.4, -0.2) is 17.6 Å². The average Bonchev–Trinajstić information content (AvgIpc) is 3.13. The number of nitrogens with zero attached hydrogens (tertiary/aromatic N) is 1. The Morgan fingerprint density at radius 2 is 1.71 bits per heavy atom. The molecule has 0 aliphatic heterocycles. The highest BCUT2D eigenvalue weighted by molar-refractivity contribution is 5.94. The fraction of sp³-hybridized carbons (Fsp3) is 0.200. The number of benzene rings is 2. The lowest BCUT2D eigenvalue weighted by atomic mass is 10.0. The highest BCUT2D eigenvalue weighted by Crippen LogP contribution is 2.20. The number of aromatic nitrogens is 1. The van der Waals surface area contributed by atoms with Gasteiger partial charge in [0.1, 0.15) is 6.26 Å². The summed E-state index contributed by atoms with van der Waals surface area (Å²) in [5, 5.41) is 6.60. The third kappa shape index (κ3) is 4.10. The summed E-state index contributed by atoms with van der Waals surface area (Å²) in [6.07, 6.45) is 5.03. The largest absolute Gasteiger partial charge is 0.364 e. The van der Waals surface area contributed by atoms with Crippen LogP contribution in [0.4, 0.5) is 0 Å². The molecule has 0 bridgehead atoms. The minimum absolute atomic E-state index is 0.0456. The maximum Gasteiger partial charge on any atom is 0.251 e. The lowest BCUT2D eigenvalue weighted by molar-refractivity contribution is 0.0953. The molecule has 1 amide bonds. The van der Waals surface area contributed by atoms with Crippen LogP contribution >= 0.6 is 0 Å². The molecule has 0 radical (unpaired) electrons. The quantitative estimate of drug-likeness (QED) is 0.698. The molecule has 1 aromatic heterocycles. The summed E-state index contributed by atoms with van der Waals surface area (Å²) < 4.78 is 4.78. The summed E-state index contributed by atoms with van der Waals surface area (Å²) in [7, 11) is 0. The first-order chi connectivity index (χ1) is 11.7. The van der Waals surface area contributed by atoms with Crippen LogP contribution < -0.4 is 5.32 Å². The van der Waals surface area contributed by atoms with E-state index in [0.29, 0.717) is 12.1 Å². The molecular formula is C20H20N2O2. The highest BCUT2D eigenvalue weighted by Gasteiger charge is 2.06. The van der Waals surface area contributed by atoms with E-state index in [2.05, 4.69) is 41.7 Å². The van der Waals surface area contributed by atoms with E-state index in [1.54, 1.807) is 12.5 Å². The molecule has 2 aromatic carbocycles. The van der Waals surface area contributed by atoms with Gasteiger partial charge in [-0.25, -0.2) is 0 Å². The summed E-state index contributed by atoms with van der Waals surface area (Å²) >= 11 is 0. The molecule has 0 spiro atoms. The summed E-state index contributed by atoms with van der Waals surface area (Å²) in [5.41, 5.74) is 5.23. The standard InChI is InChI=1S/C20H20N2O2/c1-15-4-6-17(7-5-15)18-8-10-19(11-9-18)20(23)21-12-2-3-16-13-22-24-14-16/h4-11,13-14H,2-3,12H2,1H3,(H,21,23). The van der Waals surface area contributed by atoms with E-state index in [9.17, 15) is 4.79 Å². The second-order valence-electron chi connectivity index (χ2n) is 5.84. The topological polar surface area (TPSA) is 55.1 Å². The molecule has 1 heterocycles. The number of carbonyl (C=O) groups excluding carboxylic acids is 1. The molecule has 122 valence electrons. The van der Waals surface area contributed by atoms with Gasteiger partial charge in [-0.2, -0.15) is 0 Å². The second-order valence-corrected chi connectivity index (χ2v) is 5.84. The predicted molar refractivity (Wildman–Crippen MR) is 93.8 cm³/mol. The molecule has 0 atom stereocenters. The van der Waals surface area contributed by atoms with Crippen molar-refractivity contribution in [3.05, 3.63) is 77.7 Å². The third-order valence-corrected chi connectivity index (χ3v) is 3.94. The zero-order valence-electron chi connectivity index (χ0n) is 13.7. The maximum absolute atomic E-state index is 12.2. The first kappa shape index (κ1) is 16.0. The second kappa shape index (κ2) is 7.59. The van der Waals surface area contributed by atoms with E-state index in [4.69, 9.17) is 4.52 Å². The molecule has 0 saturated carbocycles. The number of hydrogen-bond donors (Lipinski definition) is 1. The monoisotopic (exact) mass is 320 g/mol. The van der Waals surface area contributed by atoms with Gasteiger partial charge in [-0.1, -0.05) is 47.1 Å². The first-order valence-electron chi connectivity index (χ1n) is 8.06. The molecule has 1 N–H and O–H groups in total. The van der Waals surface area contributed by atoms with E-state index in [0.717, 1.165) is 29.5 Å². The van der Waals surface area contributed by atoms with Gasteiger partial charge in [-0.15, -0.1) is 0 Å². The van der Waals surface area contributed by atoms with Crippen molar-refractivity contribution in [3.63, 3.8) is 0 Å². The molecule has 4 heteroatoms. The number of carbonyl (C=O) groups is 1. The van der Waals surface area contributed by atoms with Crippen molar-refractivity contribution in [2.24, 2.45) is 0 Å². The van der Waals surface area contributed by atoms with E-state index < -0.39 is 0 Å². The van der Waals surface area contributed by atoms with Crippen LogP contribution in [0.25, 0.3) is 11.1 Å². The maximum atomic E-state index is 12.2. The lowest BCUT2D eigenvalue weighted by Gasteiger charge is -2.06. The van der Waals surface area contributed by atoms with Crippen molar-refractivity contribution < 1.29 is 9.32 Å². The Balaban J connectivity index is 1.52. The Hall–Kier alpha value is -2.88. The molecule has 4 nitrogen and oxygen atoms in total. The van der Waals surface area contributed by atoms with Crippen LogP contribution in [0, 0.1) is 6.92 Å². The summed E-state index contributed by atoms with van der Waals surface area (Å²) in [6.45, 7) is 2.70. The predicted octanol–water partition coefficient (Wildman–Crippen LogP) is 4.01. The normalized spacial score (nSPS) is 10.5. The molecule has 0 fully saturated rings. The van der Waals surface area contributed by atoms with Gasteiger partial charge in [0.15, 0.2) is 0 Å². The van der Waals surface area contributed by atoms with Gasteiger partial charge in [-0.3, -0.25) is 4.79 Å². The molecule has 0 aliphatic carbocycles. The summed E-state index contributed by atoms with van der Waals surface area (Å²) in [6, 6.07) is 16.1. The number of hydrogen-bond acceptors (Lipinski definition) is 3. The highest BCUT2D eigenvalue weighted by atomic mass is 16.5. The molecule has 0 saturated heterocycles. The summed E-state index contributed by atoms with van der Waals surface area (Å²) in [4.78, 5) is 12.2. The van der Waals surface area contributed by atoms with Crippen LogP contribution in [0.1, 0.15) is 27.9 Å². The van der Waals surface area contributed by atoms with Gasteiger partial charge >= 0.3 is 0 Å². The van der Waals surface area contributed by atoms with E-state index in [-0.39, 0.29) is 5.91 Å². The average molecular weight is 320 g/mol. The minimum atomic E-state index is -0.0456. The Morgan fingerprint density at radius 1 is 1.04 bits per heavy atom. The zero-order valence-corrected chi connectivity index (χ0v) is 13.7. The molecule has 24 heavy (non-hydrogen) atoms. The van der Waals surface area contributed by atoms with Crippen LogP contribution in [0.2, 0.25) is 0 Å². The molecule has 0 aliphatic rings. The van der Waals surface area contributed by atoms with E-state index >= 15 is 0 Å². The van der Waals surface area contributed by atoms with Gasteiger partial charge in [-0.05, 0) is 43.0 Å². The van der Waals surface area contributed by atoms with Crippen molar-refractivity contribution in [1.29, 1.82) is 0 Å². The van der Waals surface area contributed by atoms with E-state index in [1.165, 1.54) is 5.56 Å². The third-order valence-electron chi connectivity index (χ3n) is 3.94. The van der Waals surface area contributed by atoms with Crippen molar-refractivity contribution in [2.75, 3.05) is 6.54 Å². The zero-order chi connectivity index (χ0) is 16.8. The van der Waals surface area contributed by atoms with Crippen molar-refractivity contribution >= 4 is 5.91 Å². The number of amides is 1. The fourth-order valence-corrected chi connectivity index (χ4v) is 2.51. The van der Waals surface area contributed by atoms with Crippen molar-refractivity contribution in [1.82, 2.24) is 10.5 Å². The van der Waals surface area contributed by atoms with Gasteiger partial charge in [0.2, 0.25) is 0 Å². The van der Waals surface area contributed by atoms with E-state index in [1.807, 2.05) is 24.3 Å². The van der Waals surface area contributed by atoms with Crippen LogP contribution in [-0.2, 0) is 6.42 Å². The molecule has 3 rings (SSSR count). The lowest BCUT2D eigenvalue weighted by Crippen LogP contribution is -2.24. The van der Waals surface area contributed by atoms with Crippen molar-refractivity contribution in [2.45, 2.75) is 19.8 Å². The van der Waals surface area contributed by atoms with Gasteiger partial charge in [0, 0.05) is 17.7 Å².